The Morgan fingerprint density at radius 2 is 2.00 bits per heavy atom. The van der Waals surface area contributed by atoms with Crippen molar-refractivity contribution in [3.05, 3.63) is 35.9 Å². The summed E-state index contributed by atoms with van der Waals surface area (Å²) in [6.45, 7) is 1.02. The number of hydrogen-bond donors (Lipinski definition) is 0. The largest absolute Gasteiger partial charge is 0.500 e. The molecule has 1 aromatic rings. The topological polar surface area (TPSA) is 9.23 Å². The van der Waals surface area contributed by atoms with Gasteiger partial charge in [-0.15, -0.1) is 0 Å². The first kappa shape index (κ1) is 9.27. The fourth-order valence-corrected chi connectivity index (χ4v) is 4.38. The van der Waals surface area contributed by atoms with Gasteiger partial charge in [0.15, 0.2) is 0 Å². The van der Waals surface area contributed by atoms with E-state index in [0.29, 0.717) is 0 Å². The predicted molar refractivity (Wildman–Crippen MR) is 55.9 cm³/mol. The van der Waals surface area contributed by atoms with Gasteiger partial charge in [0.1, 0.15) is 0 Å². The van der Waals surface area contributed by atoms with Gasteiger partial charge in [-0.3, -0.25) is 0 Å². The van der Waals surface area contributed by atoms with Crippen LogP contribution in [0.3, 0.4) is 0 Å². The molecule has 0 spiro atoms. The lowest BCUT2D eigenvalue weighted by molar-refractivity contribution is 0.286. The van der Waals surface area contributed by atoms with Crippen molar-refractivity contribution in [3.8, 4) is 0 Å². The zero-order valence-corrected chi connectivity index (χ0v) is 9.06. The molecule has 0 saturated carbocycles. The van der Waals surface area contributed by atoms with Gasteiger partial charge >= 0.3 is 14.5 Å². The summed E-state index contributed by atoms with van der Waals surface area (Å²) in [5.41, 5.74) is 1.46. The molecular formula is C11H15AlO. The molecule has 0 bridgehead atoms. The Morgan fingerprint density at radius 3 is 2.69 bits per heavy atom. The van der Waals surface area contributed by atoms with E-state index in [1.807, 2.05) is 0 Å². The molecule has 1 heterocycles. The van der Waals surface area contributed by atoms with Crippen LogP contribution in [0.4, 0.5) is 0 Å². The van der Waals surface area contributed by atoms with Crippen LogP contribution in [0.2, 0.25) is 5.28 Å². The Bertz CT molecular complexity index is 242. The van der Waals surface area contributed by atoms with E-state index in [4.69, 9.17) is 3.79 Å². The average Bonchev–Trinajstić information content (AvgIpc) is 2.21. The molecule has 1 aliphatic rings. The molecule has 1 aliphatic heterocycles. The second-order valence-corrected chi connectivity index (χ2v) is 6.24. The lowest BCUT2D eigenvalue weighted by Crippen LogP contribution is -2.26. The van der Waals surface area contributed by atoms with Crippen molar-refractivity contribution >= 4 is 14.5 Å². The second kappa shape index (κ2) is 4.81. The maximum atomic E-state index is 5.82. The van der Waals surface area contributed by atoms with E-state index < -0.39 is 14.5 Å². The maximum Gasteiger partial charge on any atom is 0.465 e. The van der Waals surface area contributed by atoms with E-state index in [0.717, 1.165) is 6.61 Å². The van der Waals surface area contributed by atoms with Gasteiger partial charge in [-0.1, -0.05) is 47.6 Å². The average molecular weight is 190 g/mol. The van der Waals surface area contributed by atoms with Crippen molar-refractivity contribution in [2.45, 2.75) is 23.4 Å². The molecule has 1 aromatic carbocycles. The first-order chi connectivity index (χ1) is 6.45. The molecule has 0 aromatic heterocycles. The highest BCUT2D eigenvalue weighted by atomic mass is 27.2. The Labute approximate surface area is 84.5 Å². The highest BCUT2D eigenvalue weighted by molar-refractivity contribution is 6.51. The molecule has 1 saturated heterocycles. The minimum absolute atomic E-state index is 0.853. The third kappa shape index (κ3) is 2.84. The van der Waals surface area contributed by atoms with Crippen molar-refractivity contribution in [2.24, 2.45) is 0 Å². The fourth-order valence-electron chi connectivity index (χ4n) is 1.85. The summed E-state index contributed by atoms with van der Waals surface area (Å²) in [4.78, 5) is 0. The number of rotatable bonds is 2. The minimum atomic E-state index is -0.853. The summed E-state index contributed by atoms with van der Waals surface area (Å²) in [5.74, 6) is 0. The summed E-state index contributed by atoms with van der Waals surface area (Å²) >= 11 is -0.853. The van der Waals surface area contributed by atoms with Gasteiger partial charge in [-0.05, 0) is 11.7 Å². The summed E-state index contributed by atoms with van der Waals surface area (Å²) < 4.78 is 5.82. The summed E-state index contributed by atoms with van der Waals surface area (Å²) in [6.07, 6.45) is 2.67. The molecule has 0 unspecified atom stereocenters. The van der Waals surface area contributed by atoms with Gasteiger partial charge in [0.05, 0.1) is 0 Å². The standard InChI is InChI=1S/C7H7.C4H8O.Al/c1-7-5-3-2-4-6-7;1-2-3-4-5;/h2-6H,1H2;1-4H2;/q;-1;+1. The van der Waals surface area contributed by atoms with Gasteiger partial charge in [-0.2, -0.15) is 0 Å². The van der Waals surface area contributed by atoms with Crippen LogP contribution in [0.1, 0.15) is 18.4 Å². The zero-order valence-electron chi connectivity index (χ0n) is 7.91. The third-order valence-electron chi connectivity index (χ3n) is 2.58. The molecule has 0 radical (unpaired) electrons. The molecule has 0 atom stereocenters. The second-order valence-electron chi connectivity index (χ2n) is 3.68. The Morgan fingerprint density at radius 1 is 1.15 bits per heavy atom. The monoisotopic (exact) mass is 190 g/mol. The van der Waals surface area contributed by atoms with E-state index in [-0.39, 0.29) is 0 Å². The van der Waals surface area contributed by atoms with Crippen LogP contribution in [0.15, 0.2) is 30.3 Å². The van der Waals surface area contributed by atoms with Gasteiger partial charge < -0.3 is 3.79 Å². The van der Waals surface area contributed by atoms with Crippen molar-refractivity contribution in [2.75, 3.05) is 6.61 Å². The molecule has 2 heteroatoms. The predicted octanol–water partition coefficient (Wildman–Crippen LogP) is 2.57. The van der Waals surface area contributed by atoms with E-state index >= 15 is 0 Å². The van der Waals surface area contributed by atoms with Crippen molar-refractivity contribution < 1.29 is 3.79 Å². The van der Waals surface area contributed by atoms with E-state index in [2.05, 4.69) is 30.3 Å². The van der Waals surface area contributed by atoms with Crippen LogP contribution >= 0.6 is 0 Å². The Balaban J connectivity index is 1.90. The molecule has 13 heavy (non-hydrogen) atoms. The normalized spacial score (nSPS) is 17.4. The smallest absolute Gasteiger partial charge is 0.465 e. The highest BCUT2D eigenvalue weighted by Crippen LogP contribution is 2.14. The minimum Gasteiger partial charge on any atom is -0.500 e. The lowest BCUT2D eigenvalue weighted by atomic mass is 10.2. The summed E-state index contributed by atoms with van der Waals surface area (Å²) in [6, 6.07) is 10.7. The molecule has 1 nitrogen and oxygen atoms in total. The van der Waals surface area contributed by atoms with Crippen LogP contribution in [-0.2, 0) is 9.07 Å². The zero-order chi connectivity index (χ0) is 8.93. The Hall–Kier alpha value is -0.288. The van der Waals surface area contributed by atoms with Crippen molar-refractivity contribution in [1.82, 2.24) is 0 Å². The maximum absolute atomic E-state index is 5.82. The van der Waals surface area contributed by atoms with Crippen LogP contribution in [-0.4, -0.2) is 21.1 Å². The molecular weight excluding hydrogens is 175 g/mol. The molecule has 68 valence electrons. The van der Waals surface area contributed by atoms with E-state index in [1.54, 1.807) is 0 Å². The molecule has 0 amide bonds. The quantitative estimate of drug-likeness (QED) is 0.651. The van der Waals surface area contributed by atoms with Crippen LogP contribution in [0, 0.1) is 0 Å². The summed E-state index contributed by atoms with van der Waals surface area (Å²) in [5, 5.41) is 2.59. The molecule has 1 fully saturated rings. The van der Waals surface area contributed by atoms with E-state index in [1.165, 1.54) is 29.0 Å². The van der Waals surface area contributed by atoms with Crippen LogP contribution in [0.25, 0.3) is 0 Å². The molecule has 0 aliphatic carbocycles. The lowest BCUT2D eigenvalue weighted by Gasteiger charge is -2.18. The van der Waals surface area contributed by atoms with Crippen LogP contribution < -0.4 is 0 Å². The first-order valence-electron chi connectivity index (χ1n) is 5.11. The van der Waals surface area contributed by atoms with Crippen molar-refractivity contribution in [1.29, 1.82) is 0 Å². The van der Waals surface area contributed by atoms with Crippen molar-refractivity contribution in [3.63, 3.8) is 0 Å². The Kier molecular flexibility index (Phi) is 3.43. The first-order valence-corrected chi connectivity index (χ1v) is 7.21. The van der Waals surface area contributed by atoms with Crippen LogP contribution in [0.5, 0.6) is 0 Å². The van der Waals surface area contributed by atoms with Gasteiger partial charge in [0.2, 0.25) is 0 Å². The SMILES string of the molecule is c1ccc([CH2][Al]2[CH2]CCC[O]2)cc1. The molecule has 2 rings (SSSR count). The third-order valence-corrected chi connectivity index (χ3v) is 5.27. The summed E-state index contributed by atoms with van der Waals surface area (Å²) in [7, 11) is 0. The fraction of sp³-hybridized carbons (Fsp3) is 0.455. The molecule has 0 N–H and O–H groups in total. The number of hydrogen-bond acceptors (Lipinski definition) is 1. The van der Waals surface area contributed by atoms with Gasteiger partial charge in [0, 0.05) is 6.61 Å². The van der Waals surface area contributed by atoms with E-state index in [9.17, 15) is 0 Å². The van der Waals surface area contributed by atoms with Gasteiger partial charge in [0.25, 0.3) is 0 Å². The highest BCUT2D eigenvalue weighted by Gasteiger charge is 2.23. The van der Waals surface area contributed by atoms with Gasteiger partial charge in [-0.25, -0.2) is 0 Å². The number of benzene rings is 1.